The fourth-order valence-corrected chi connectivity index (χ4v) is 2.50. The number of halogens is 2. The molecule has 0 radical (unpaired) electrons. The SMILES string of the molecule is O=C1C[C@@H](Nc2ccc(Cl)cc2)C(=O)N1c1ccccc1F. The molecular formula is C16H12ClFN2O2. The first-order valence-electron chi connectivity index (χ1n) is 6.69. The highest BCUT2D eigenvalue weighted by atomic mass is 35.5. The van der Waals surface area contributed by atoms with Crippen molar-refractivity contribution >= 4 is 34.8 Å². The van der Waals surface area contributed by atoms with Crippen LogP contribution in [-0.4, -0.2) is 17.9 Å². The third-order valence-corrected chi connectivity index (χ3v) is 3.68. The van der Waals surface area contributed by atoms with E-state index in [0.29, 0.717) is 10.7 Å². The van der Waals surface area contributed by atoms with Crippen LogP contribution in [0.25, 0.3) is 0 Å². The van der Waals surface area contributed by atoms with E-state index in [1.165, 1.54) is 18.2 Å². The molecule has 0 saturated carbocycles. The van der Waals surface area contributed by atoms with E-state index >= 15 is 0 Å². The van der Waals surface area contributed by atoms with Crippen molar-refractivity contribution in [3.8, 4) is 0 Å². The summed E-state index contributed by atoms with van der Waals surface area (Å²) in [4.78, 5) is 25.4. The van der Waals surface area contributed by atoms with Crippen LogP contribution in [0, 0.1) is 5.82 Å². The van der Waals surface area contributed by atoms with Crippen molar-refractivity contribution in [3.63, 3.8) is 0 Å². The van der Waals surface area contributed by atoms with Crippen LogP contribution in [0.2, 0.25) is 5.02 Å². The molecule has 2 aromatic carbocycles. The molecule has 0 aliphatic carbocycles. The molecule has 1 heterocycles. The highest BCUT2D eigenvalue weighted by Crippen LogP contribution is 2.27. The summed E-state index contributed by atoms with van der Waals surface area (Å²) in [6, 6.07) is 11.8. The zero-order chi connectivity index (χ0) is 15.7. The second-order valence-corrected chi connectivity index (χ2v) is 5.36. The summed E-state index contributed by atoms with van der Waals surface area (Å²) >= 11 is 5.80. The van der Waals surface area contributed by atoms with Gasteiger partial charge >= 0.3 is 0 Å². The van der Waals surface area contributed by atoms with Gasteiger partial charge in [-0.1, -0.05) is 23.7 Å². The van der Waals surface area contributed by atoms with Gasteiger partial charge in [-0.05, 0) is 36.4 Å². The first-order chi connectivity index (χ1) is 10.6. The average molecular weight is 319 g/mol. The summed E-state index contributed by atoms with van der Waals surface area (Å²) in [6.45, 7) is 0. The Bertz CT molecular complexity index is 733. The zero-order valence-corrected chi connectivity index (χ0v) is 12.2. The van der Waals surface area contributed by atoms with Crippen molar-refractivity contribution in [2.45, 2.75) is 12.5 Å². The van der Waals surface area contributed by atoms with Crippen LogP contribution >= 0.6 is 11.6 Å². The summed E-state index contributed by atoms with van der Waals surface area (Å²) in [5.74, 6) is -1.50. The minimum atomic E-state index is -0.715. The second-order valence-electron chi connectivity index (χ2n) is 4.93. The molecule has 0 unspecified atom stereocenters. The number of hydrogen-bond donors (Lipinski definition) is 1. The molecule has 1 fully saturated rings. The van der Waals surface area contributed by atoms with E-state index in [1.54, 1.807) is 30.3 Å². The summed E-state index contributed by atoms with van der Waals surface area (Å²) in [5, 5.41) is 3.55. The maximum absolute atomic E-state index is 13.8. The van der Waals surface area contributed by atoms with Crippen LogP contribution in [0.5, 0.6) is 0 Å². The van der Waals surface area contributed by atoms with Gasteiger partial charge in [0.1, 0.15) is 11.9 Å². The number of carbonyl (C=O) groups excluding carboxylic acids is 2. The Hall–Kier alpha value is -2.40. The van der Waals surface area contributed by atoms with Crippen LogP contribution in [0.3, 0.4) is 0 Å². The maximum Gasteiger partial charge on any atom is 0.256 e. The van der Waals surface area contributed by atoms with E-state index in [9.17, 15) is 14.0 Å². The van der Waals surface area contributed by atoms with Crippen LogP contribution < -0.4 is 10.2 Å². The van der Waals surface area contributed by atoms with Crippen molar-refractivity contribution in [1.29, 1.82) is 0 Å². The summed E-state index contributed by atoms with van der Waals surface area (Å²) in [5.41, 5.74) is 0.656. The fourth-order valence-electron chi connectivity index (χ4n) is 2.38. The maximum atomic E-state index is 13.8. The lowest BCUT2D eigenvalue weighted by Crippen LogP contribution is -2.35. The van der Waals surface area contributed by atoms with E-state index in [4.69, 9.17) is 11.6 Å². The van der Waals surface area contributed by atoms with E-state index in [0.717, 1.165) is 4.90 Å². The molecule has 6 heteroatoms. The average Bonchev–Trinajstić information content (AvgIpc) is 2.77. The Kier molecular flexibility index (Phi) is 3.81. The molecule has 0 spiro atoms. The molecule has 0 aromatic heterocycles. The number of para-hydroxylation sites is 1. The van der Waals surface area contributed by atoms with E-state index < -0.39 is 23.7 Å². The minimum Gasteiger partial charge on any atom is -0.373 e. The minimum absolute atomic E-state index is 0.0158. The smallest absolute Gasteiger partial charge is 0.256 e. The number of nitrogens with zero attached hydrogens (tertiary/aromatic N) is 1. The van der Waals surface area contributed by atoms with Gasteiger partial charge in [0.05, 0.1) is 12.1 Å². The molecule has 0 bridgehead atoms. The molecular weight excluding hydrogens is 307 g/mol. The summed E-state index contributed by atoms with van der Waals surface area (Å²) in [7, 11) is 0. The number of hydrogen-bond acceptors (Lipinski definition) is 3. The molecule has 2 amide bonds. The Morgan fingerprint density at radius 3 is 2.45 bits per heavy atom. The van der Waals surface area contributed by atoms with Gasteiger partial charge in [0.2, 0.25) is 5.91 Å². The van der Waals surface area contributed by atoms with Gasteiger partial charge in [-0.3, -0.25) is 9.59 Å². The van der Waals surface area contributed by atoms with Crippen molar-refractivity contribution in [2.24, 2.45) is 0 Å². The number of anilines is 2. The normalized spacial score (nSPS) is 17.9. The van der Waals surface area contributed by atoms with E-state index in [1.807, 2.05) is 0 Å². The number of imide groups is 1. The van der Waals surface area contributed by atoms with Crippen LogP contribution in [0.1, 0.15) is 6.42 Å². The quantitative estimate of drug-likeness (QED) is 0.884. The molecule has 1 atom stereocenters. The molecule has 1 N–H and O–H groups in total. The number of carbonyl (C=O) groups is 2. The Labute approximate surface area is 131 Å². The Morgan fingerprint density at radius 1 is 1.09 bits per heavy atom. The van der Waals surface area contributed by atoms with Gasteiger partial charge in [-0.2, -0.15) is 0 Å². The number of benzene rings is 2. The lowest BCUT2D eigenvalue weighted by molar-refractivity contribution is -0.121. The topological polar surface area (TPSA) is 49.4 Å². The lowest BCUT2D eigenvalue weighted by Gasteiger charge is -2.16. The Morgan fingerprint density at radius 2 is 1.77 bits per heavy atom. The largest absolute Gasteiger partial charge is 0.373 e. The highest BCUT2D eigenvalue weighted by Gasteiger charge is 2.40. The molecule has 1 saturated heterocycles. The third kappa shape index (κ3) is 2.67. The van der Waals surface area contributed by atoms with Crippen molar-refractivity contribution < 1.29 is 14.0 Å². The van der Waals surface area contributed by atoms with Gasteiger partial charge in [0.15, 0.2) is 0 Å². The lowest BCUT2D eigenvalue weighted by atomic mass is 10.2. The number of amides is 2. The van der Waals surface area contributed by atoms with Gasteiger partial charge in [0.25, 0.3) is 5.91 Å². The van der Waals surface area contributed by atoms with Crippen LogP contribution in [0.4, 0.5) is 15.8 Å². The van der Waals surface area contributed by atoms with E-state index in [-0.39, 0.29) is 12.1 Å². The van der Waals surface area contributed by atoms with Crippen LogP contribution in [0.15, 0.2) is 48.5 Å². The fraction of sp³-hybridized carbons (Fsp3) is 0.125. The van der Waals surface area contributed by atoms with Crippen molar-refractivity contribution in [3.05, 3.63) is 59.4 Å². The molecule has 22 heavy (non-hydrogen) atoms. The molecule has 2 aromatic rings. The Balaban J connectivity index is 1.82. The molecule has 3 rings (SSSR count). The van der Waals surface area contributed by atoms with Crippen molar-refractivity contribution in [2.75, 3.05) is 10.2 Å². The molecule has 1 aliphatic heterocycles. The van der Waals surface area contributed by atoms with E-state index in [2.05, 4.69) is 5.32 Å². The van der Waals surface area contributed by atoms with Gasteiger partial charge in [-0.15, -0.1) is 0 Å². The highest BCUT2D eigenvalue weighted by molar-refractivity contribution is 6.30. The number of nitrogens with one attached hydrogen (secondary N) is 1. The van der Waals surface area contributed by atoms with Crippen molar-refractivity contribution in [1.82, 2.24) is 0 Å². The summed E-state index contributed by atoms with van der Waals surface area (Å²) < 4.78 is 13.8. The summed E-state index contributed by atoms with van der Waals surface area (Å²) in [6.07, 6.45) is -0.0181. The van der Waals surface area contributed by atoms with Gasteiger partial charge in [-0.25, -0.2) is 9.29 Å². The first-order valence-corrected chi connectivity index (χ1v) is 7.07. The molecule has 112 valence electrons. The predicted molar refractivity (Wildman–Crippen MR) is 82.4 cm³/mol. The molecule has 1 aliphatic rings. The van der Waals surface area contributed by atoms with Crippen LogP contribution in [-0.2, 0) is 9.59 Å². The van der Waals surface area contributed by atoms with Gasteiger partial charge in [0, 0.05) is 10.7 Å². The second kappa shape index (κ2) is 5.77. The van der Waals surface area contributed by atoms with Gasteiger partial charge < -0.3 is 5.32 Å². The third-order valence-electron chi connectivity index (χ3n) is 3.43. The standard InChI is InChI=1S/C16H12ClFN2O2/c17-10-5-7-11(8-6-10)19-13-9-15(21)20(16(13)22)14-4-2-1-3-12(14)18/h1-8,13,19H,9H2/t13-/m1/s1. The molecule has 4 nitrogen and oxygen atoms in total. The predicted octanol–water partition coefficient (Wildman–Crippen LogP) is 3.22. The first kappa shape index (κ1) is 14.5. The monoisotopic (exact) mass is 318 g/mol. The zero-order valence-electron chi connectivity index (χ0n) is 11.4. The number of rotatable bonds is 3.